The van der Waals surface area contributed by atoms with Crippen LogP contribution in [-0.2, 0) is 11.2 Å². The second kappa shape index (κ2) is 6.52. The Morgan fingerprint density at radius 1 is 1.60 bits per heavy atom. The van der Waals surface area contributed by atoms with Crippen molar-refractivity contribution in [1.82, 2.24) is 15.2 Å². The summed E-state index contributed by atoms with van der Waals surface area (Å²) in [5.74, 6) is 0. The highest BCUT2D eigenvalue weighted by Crippen LogP contribution is 2.24. The van der Waals surface area contributed by atoms with Gasteiger partial charge in [0.15, 0.2) is 0 Å². The Hall–Kier alpha value is -0.490. The molecule has 2 aliphatic heterocycles. The molecule has 112 valence electrons. The van der Waals surface area contributed by atoms with E-state index in [1.807, 2.05) is 0 Å². The average Bonchev–Trinajstić information content (AvgIpc) is 3.06. The van der Waals surface area contributed by atoms with Crippen molar-refractivity contribution in [3.63, 3.8) is 0 Å². The van der Waals surface area contributed by atoms with Gasteiger partial charge in [-0.1, -0.05) is 6.92 Å². The summed E-state index contributed by atoms with van der Waals surface area (Å²) < 4.78 is 6.16. The molecule has 20 heavy (non-hydrogen) atoms. The van der Waals surface area contributed by atoms with Gasteiger partial charge in [-0.25, -0.2) is 4.98 Å². The molecule has 3 rings (SSSR count). The molecule has 1 N–H and O–H groups in total. The molecular formula is C15H25N3OS. The maximum atomic E-state index is 6.16. The summed E-state index contributed by atoms with van der Waals surface area (Å²) in [5.41, 5.74) is 1.20. The van der Waals surface area contributed by atoms with E-state index < -0.39 is 0 Å². The minimum absolute atomic E-state index is 0.298. The van der Waals surface area contributed by atoms with E-state index in [4.69, 9.17) is 4.74 Å². The van der Waals surface area contributed by atoms with Gasteiger partial charge < -0.3 is 10.1 Å². The predicted octanol–water partition coefficient (Wildman–Crippen LogP) is 1.84. The zero-order valence-electron chi connectivity index (χ0n) is 12.5. The SMILES string of the molecule is CCNC(Cc1csc(C)n1)C1CN2CCCC2CO1. The monoisotopic (exact) mass is 295 g/mol. The first kappa shape index (κ1) is 14.4. The molecule has 0 aliphatic carbocycles. The Bertz CT molecular complexity index is 437. The van der Waals surface area contributed by atoms with Crippen LogP contribution in [0.25, 0.3) is 0 Å². The lowest BCUT2D eigenvalue weighted by Crippen LogP contribution is -2.54. The number of hydrogen-bond donors (Lipinski definition) is 1. The van der Waals surface area contributed by atoms with Crippen LogP contribution in [0.3, 0.4) is 0 Å². The number of aromatic nitrogens is 1. The summed E-state index contributed by atoms with van der Waals surface area (Å²) in [4.78, 5) is 7.22. The summed E-state index contributed by atoms with van der Waals surface area (Å²) in [6.45, 7) is 8.45. The Morgan fingerprint density at radius 2 is 2.50 bits per heavy atom. The van der Waals surface area contributed by atoms with Crippen molar-refractivity contribution in [2.24, 2.45) is 0 Å². The van der Waals surface area contributed by atoms with Crippen molar-refractivity contribution in [3.05, 3.63) is 16.1 Å². The molecule has 4 nitrogen and oxygen atoms in total. The zero-order chi connectivity index (χ0) is 13.9. The van der Waals surface area contributed by atoms with E-state index in [-0.39, 0.29) is 0 Å². The number of rotatable bonds is 5. The number of likely N-dealkylation sites (N-methyl/N-ethyl adjacent to an activating group) is 1. The van der Waals surface area contributed by atoms with Gasteiger partial charge in [0.2, 0.25) is 0 Å². The van der Waals surface area contributed by atoms with Gasteiger partial charge in [0.1, 0.15) is 0 Å². The molecule has 0 spiro atoms. The molecule has 0 bridgehead atoms. The number of aryl methyl sites for hydroxylation is 1. The molecule has 5 heteroatoms. The van der Waals surface area contributed by atoms with Crippen molar-refractivity contribution >= 4 is 11.3 Å². The fourth-order valence-electron chi connectivity index (χ4n) is 3.41. The molecule has 3 atom stereocenters. The fraction of sp³-hybridized carbons (Fsp3) is 0.800. The molecule has 1 aromatic heterocycles. The first-order chi connectivity index (χ1) is 9.76. The number of fused-ring (bicyclic) bond motifs is 1. The van der Waals surface area contributed by atoms with Gasteiger partial charge >= 0.3 is 0 Å². The highest BCUT2D eigenvalue weighted by Gasteiger charge is 2.35. The molecule has 2 saturated heterocycles. The third kappa shape index (κ3) is 3.22. The topological polar surface area (TPSA) is 37.4 Å². The lowest BCUT2D eigenvalue weighted by Gasteiger charge is -2.39. The molecule has 0 radical (unpaired) electrons. The van der Waals surface area contributed by atoms with Crippen LogP contribution in [0.4, 0.5) is 0 Å². The average molecular weight is 295 g/mol. The van der Waals surface area contributed by atoms with Crippen LogP contribution < -0.4 is 5.32 Å². The van der Waals surface area contributed by atoms with E-state index in [0.717, 1.165) is 31.1 Å². The van der Waals surface area contributed by atoms with Crippen LogP contribution in [0.2, 0.25) is 0 Å². The fourth-order valence-corrected chi connectivity index (χ4v) is 4.04. The van der Waals surface area contributed by atoms with E-state index in [1.54, 1.807) is 11.3 Å². The van der Waals surface area contributed by atoms with E-state index in [2.05, 4.69) is 34.4 Å². The normalized spacial score (nSPS) is 28.5. The van der Waals surface area contributed by atoms with Crippen LogP contribution in [0.5, 0.6) is 0 Å². The van der Waals surface area contributed by atoms with Crippen molar-refractivity contribution in [1.29, 1.82) is 0 Å². The smallest absolute Gasteiger partial charge is 0.0897 e. The lowest BCUT2D eigenvalue weighted by atomic mass is 10.0. The van der Waals surface area contributed by atoms with Gasteiger partial charge in [-0.15, -0.1) is 11.3 Å². The molecule has 2 aliphatic rings. The zero-order valence-corrected chi connectivity index (χ0v) is 13.3. The van der Waals surface area contributed by atoms with Gasteiger partial charge in [0, 0.05) is 30.4 Å². The predicted molar refractivity (Wildman–Crippen MR) is 82.4 cm³/mol. The van der Waals surface area contributed by atoms with Crippen molar-refractivity contribution < 1.29 is 4.74 Å². The Labute approximate surface area is 125 Å². The molecule has 1 aromatic rings. The number of ether oxygens (including phenoxy) is 1. The largest absolute Gasteiger partial charge is 0.374 e. The molecule has 3 heterocycles. The van der Waals surface area contributed by atoms with Crippen LogP contribution >= 0.6 is 11.3 Å². The lowest BCUT2D eigenvalue weighted by molar-refractivity contribution is -0.0642. The highest BCUT2D eigenvalue weighted by atomic mass is 32.1. The standard InChI is InChI=1S/C15H25N3OS/c1-3-16-14(7-12-10-20-11(2)17-12)15-8-18-6-4-5-13(18)9-19-15/h10,13-16H,3-9H2,1-2H3. The van der Waals surface area contributed by atoms with Crippen molar-refractivity contribution in [2.75, 3.05) is 26.2 Å². The number of morpholine rings is 1. The quantitative estimate of drug-likeness (QED) is 0.899. The van der Waals surface area contributed by atoms with Gasteiger partial charge in [0.05, 0.1) is 23.4 Å². The highest BCUT2D eigenvalue weighted by molar-refractivity contribution is 7.09. The number of thiazole rings is 1. The third-order valence-electron chi connectivity index (χ3n) is 4.43. The third-order valence-corrected chi connectivity index (χ3v) is 5.25. The summed E-state index contributed by atoms with van der Waals surface area (Å²) >= 11 is 1.74. The van der Waals surface area contributed by atoms with Crippen LogP contribution in [0, 0.1) is 6.92 Å². The van der Waals surface area contributed by atoms with Crippen molar-refractivity contribution in [3.8, 4) is 0 Å². The summed E-state index contributed by atoms with van der Waals surface area (Å²) in [6.07, 6.45) is 3.91. The van der Waals surface area contributed by atoms with E-state index >= 15 is 0 Å². The Morgan fingerprint density at radius 3 is 3.25 bits per heavy atom. The minimum Gasteiger partial charge on any atom is -0.374 e. The van der Waals surface area contributed by atoms with Crippen LogP contribution in [-0.4, -0.2) is 54.3 Å². The number of nitrogens with zero attached hydrogens (tertiary/aromatic N) is 2. The van der Waals surface area contributed by atoms with Gasteiger partial charge in [-0.05, 0) is 32.9 Å². The van der Waals surface area contributed by atoms with Gasteiger partial charge in [0.25, 0.3) is 0 Å². The molecule has 0 aromatic carbocycles. The molecule has 0 amide bonds. The number of hydrogen-bond acceptors (Lipinski definition) is 5. The van der Waals surface area contributed by atoms with E-state index in [0.29, 0.717) is 18.2 Å². The second-order valence-corrected chi connectivity index (χ2v) is 6.95. The molecule has 2 fully saturated rings. The summed E-state index contributed by atoms with van der Waals surface area (Å²) in [6, 6.07) is 1.05. The maximum Gasteiger partial charge on any atom is 0.0897 e. The Balaban J connectivity index is 1.63. The second-order valence-electron chi connectivity index (χ2n) is 5.89. The van der Waals surface area contributed by atoms with E-state index in [1.165, 1.54) is 25.1 Å². The maximum absolute atomic E-state index is 6.16. The van der Waals surface area contributed by atoms with Gasteiger partial charge in [-0.3, -0.25) is 4.90 Å². The Kier molecular flexibility index (Phi) is 4.71. The molecular weight excluding hydrogens is 270 g/mol. The minimum atomic E-state index is 0.298. The van der Waals surface area contributed by atoms with E-state index in [9.17, 15) is 0 Å². The van der Waals surface area contributed by atoms with Gasteiger partial charge in [-0.2, -0.15) is 0 Å². The van der Waals surface area contributed by atoms with Crippen molar-refractivity contribution in [2.45, 2.75) is 51.3 Å². The first-order valence-corrected chi connectivity index (χ1v) is 8.64. The molecule has 3 unspecified atom stereocenters. The first-order valence-electron chi connectivity index (χ1n) is 7.76. The number of nitrogens with one attached hydrogen (secondary N) is 1. The molecule has 0 saturated carbocycles. The summed E-state index contributed by atoms with van der Waals surface area (Å²) in [7, 11) is 0. The van der Waals surface area contributed by atoms with Crippen LogP contribution in [0.1, 0.15) is 30.5 Å². The van der Waals surface area contributed by atoms with Crippen LogP contribution in [0.15, 0.2) is 5.38 Å². The summed E-state index contributed by atoms with van der Waals surface area (Å²) in [5, 5.41) is 6.94.